The van der Waals surface area contributed by atoms with Gasteiger partial charge in [-0.1, -0.05) is 18.2 Å². The van der Waals surface area contributed by atoms with Gasteiger partial charge in [0.25, 0.3) is 5.91 Å². The van der Waals surface area contributed by atoms with Crippen LogP contribution in [0.3, 0.4) is 0 Å². The van der Waals surface area contributed by atoms with Gasteiger partial charge >= 0.3 is 0 Å². The van der Waals surface area contributed by atoms with Gasteiger partial charge in [0.15, 0.2) is 0 Å². The molecule has 2 fully saturated rings. The highest BCUT2D eigenvalue weighted by Gasteiger charge is 2.26. The molecule has 2 aliphatic heterocycles. The van der Waals surface area contributed by atoms with Crippen LogP contribution in [0.5, 0.6) is 0 Å². The van der Waals surface area contributed by atoms with Crippen molar-refractivity contribution in [2.24, 2.45) is 5.92 Å². The molecule has 8 heteroatoms. The lowest BCUT2D eigenvalue weighted by molar-refractivity contribution is 0.0393. The van der Waals surface area contributed by atoms with Crippen LogP contribution >= 0.6 is 0 Å². The molecule has 1 aromatic heterocycles. The standard InChI is InChI=1S/C26H29N3O4S/c30-26(29-15-13-28(14-16-29)19-20-10-17-33-18-11-20)22-6-8-23(9-7-22)34(31,32)24-5-1-3-21-4-2-12-27-25(21)24/h1-9,12,20H,10-11,13-19H2. The highest BCUT2D eigenvalue weighted by Crippen LogP contribution is 2.27. The Bertz CT molecular complexity index is 1260. The number of hydrogen-bond donors (Lipinski definition) is 0. The summed E-state index contributed by atoms with van der Waals surface area (Å²) >= 11 is 0. The van der Waals surface area contributed by atoms with Gasteiger partial charge in [0, 0.05) is 63.1 Å². The first kappa shape index (κ1) is 23.0. The van der Waals surface area contributed by atoms with E-state index in [1.165, 1.54) is 12.1 Å². The normalized spacial score (nSPS) is 18.3. The summed E-state index contributed by atoms with van der Waals surface area (Å²) in [6, 6.07) is 15.0. The van der Waals surface area contributed by atoms with Crippen LogP contribution < -0.4 is 0 Å². The van der Waals surface area contributed by atoms with Gasteiger partial charge in [0.1, 0.15) is 0 Å². The van der Waals surface area contributed by atoms with Gasteiger partial charge in [-0.25, -0.2) is 8.42 Å². The second-order valence-corrected chi connectivity index (χ2v) is 10.9. The smallest absolute Gasteiger partial charge is 0.253 e. The van der Waals surface area contributed by atoms with E-state index in [4.69, 9.17) is 4.74 Å². The molecule has 1 amide bonds. The number of nitrogens with zero attached hydrogens (tertiary/aromatic N) is 3. The second-order valence-electron chi connectivity index (χ2n) is 9.01. The van der Waals surface area contributed by atoms with E-state index in [-0.39, 0.29) is 15.7 Å². The number of pyridine rings is 1. The highest BCUT2D eigenvalue weighted by molar-refractivity contribution is 7.91. The minimum Gasteiger partial charge on any atom is -0.381 e. The zero-order valence-corrected chi connectivity index (χ0v) is 19.9. The van der Waals surface area contributed by atoms with Gasteiger partial charge in [0.05, 0.1) is 15.3 Å². The third-order valence-electron chi connectivity index (χ3n) is 6.81. The van der Waals surface area contributed by atoms with Crippen molar-refractivity contribution in [2.75, 3.05) is 45.9 Å². The summed E-state index contributed by atoms with van der Waals surface area (Å²) < 4.78 is 32.0. The lowest BCUT2D eigenvalue weighted by atomic mass is 9.99. The van der Waals surface area contributed by atoms with Crippen molar-refractivity contribution >= 4 is 26.6 Å². The summed E-state index contributed by atoms with van der Waals surface area (Å²) in [5.41, 5.74) is 0.955. The number of fused-ring (bicyclic) bond motifs is 1. The predicted octanol–water partition coefficient (Wildman–Crippen LogP) is 3.25. The van der Waals surface area contributed by atoms with Gasteiger partial charge in [-0.3, -0.25) is 14.7 Å². The SMILES string of the molecule is O=C(c1ccc(S(=O)(=O)c2cccc3cccnc23)cc1)N1CCN(CC2CCOCC2)CC1. The van der Waals surface area contributed by atoms with Crippen molar-refractivity contribution in [3.8, 4) is 0 Å². The van der Waals surface area contributed by atoms with Gasteiger partial charge in [-0.15, -0.1) is 0 Å². The highest BCUT2D eigenvalue weighted by atomic mass is 32.2. The number of carbonyl (C=O) groups is 1. The Labute approximate surface area is 200 Å². The van der Waals surface area contributed by atoms with Crippen LogP contribution in [0.4, 0.5) is 0 Å². The fraction of sp³-hybridized carbons (Fsp3) is 0.385. The molecule has 2 saturated heterocycles. The fourth-order valence-electron chi connectivity index (χ4n) is 4.81. The zero-order valence-electron chi connectivity index (χ0n) is 19.1. The van der Waals surface area contributed by atoms with Gasteiger partial charge < -0.3 is 9.64 Å². The van der Waals surface area contributed by atoms with Crippen molar-refractivity contribution in [1.82, 2.24) is 14.8 Å². The van der Waals surface area contributed by atoms with Gasteiger partial charge in [-0.2, -0.15) is 0 Å². The molecule has 7 nitrogen and oxygen atoms in total. The first-order valence-electron chi connectivity index (χ1n) is 11.8. The van der Waals surface area contributed by atoms with Crippen LogP contribution in [0.25, 0.3) is 10.9 Å². The molecule has 0 saturated carbocycles. The quantitative estimate of drug-likeness (QED) is 0.559. The molecule has 0 N–H and O–H groups in total. The Balaban J connectivity index is 1.25. The van der Waals surface area contributed by atoms with Gasteiger partial charge in [0.2, 0.25) is 9.84 Å². The Morgan fingerprint density at radius 2 is 1.65 bits per heavy atom. The lowest BCUT2D eigenvalue weighted by Crippen LogP contribution is -2.50. The molecule has 0 bridgehead atoms. The van der Waals surface area contributed by atoms with Crippen LogP contribution in [0.1, 0.15) is 23.2 Å². The molecule has 0 spiro atoms. The summed E-state index contributed by atoms with van der Waals surface area (Å²) in [4.78, 5) is 21.9. The summed E-state index contributed by atoms with van der Waals surface area (Å²) in [6.07, 6.45) is 3.82. The summed E-state index contributed by atoms with van der Waals surface area (Å²) in [6.45, 7) is 5.87. The Morgan fingerprint density at radius 3 is 2.38 bits per heavy atom. The Morgan fingerprint density at radius 1 is 0.941 bits per heavy atom. The lowest BCUT2D eigenvalue weighted by Gasteiger charge is -2.37. The van der Waals surface area contributed by atoms with E-state index >= 15 is 0 Å². The van der Waals surface area contributed by atoms with Crippen LogP contribution in [-0.2, 0) is 14.6 Å². The molecule has 2 aromatic carbocycles. The largest absolute Gasteiger partial charge is 0.381 e. The third kappa shape index (κ3) is 4.71. The van der Waals surface area contributed by atoms with Crippen molar-refractivity contribution in [2.45, 2.75) is 22.6 Å². The molecule has 0 atom stereocenters. The fourth-order valence-corrected chi connectivity index (χ4v) is 6.24. The molecule has 0 unspecified atom stereocenters. The van der Waals surface area contributed by atoms with E-state index in [1.807, 2.05) is 17.0 Å². The molecule has 2 aliphatic rings. The number of carbonyl (C=O) groups excluding carboxylic acids is 1. The van der Waals surface area contributed by atoms with E-state index < -0.39 is 9.84 Å². The van der Waals surface area contributed by atoms with E-state index in [0.717, 1.165) is 51.1 Å². The summed E-state index contributed by atoms with van der Waals surface area (Å²) in [5, 5.41) is 0.770. The van der Waals surface area contributed by atoms with E-state index in [2.05, 4.69) is 9.88 Å². The summed E-state index contributed by atoms with van der Waals surface area (Å²) in [7, 11) is -3.76. The number of rotatable bonds is 5. The first-order valence-corrected chi connectivity index (χ1v) is 13.3. The zero-order chi connectivity index (χ0) is 23.5. The number of aromatic nitrogens is 1. The maximum absolute atomic E-state index is 13.3. The summed E-state index contributed by atoms with van der Waals surface area (Å²) in [5.74, 6) is 0.629. The molecule has 178 valence electrons. The average molecular weight is 480 g/mol. The molecule has 0 radical (unpaired) electrons. The van der Waals surface area contributed by atoms with E-state index in [1.54, 1.807) is 36.5 Å². The van der Waals surface area contributed by atoms with Crippen LogP contribution in [0.2, 0.25) is 0 Å². The van der Waals surface area contributed by atoms with Crippen molar-refractivity contribution in [3.63, 3.8) is 0 Å². The number of para-hydroxylation sites is 1. The number of amides is 1. The van der Waals surface area contributed by atoms with Crippen molar-refractivity contribution < 1.29 is 17.9 Å². The number of hydrogen-bond acceptors (Lipinski definition) is 6. The third-order valence-corrected chi connectivity index (χ3v) is 8.61. The topological polar surface area (TPSA) is 79.8 Å². The van der Waals surface area contributed by atoms with Crippen LogP contribution in [0, 0.1) is 5.92 Å². The minimum atomic E-state index is -3.76. The predicted molar refractivity (Wildman–Crippen MR) is 130 cm³/mol. The Hall–Kier alpha value is -2.81. The minimum absolute atomic E-state index is 0.0542. The molecule has 3 aromatic rings. The first-order chi connectivity index (χ1) is 16.5. The van der Waals surface area contributed by atoms with E-state index in [0.29, 0.717) is 30.1 Å². The molecule has 3 heterocycles. The van der Waals surface area contributed by atoms with Crippen molar-refractivity contribution in [3.05, 3.63) is 66.4 Å². The maximum Gasteiger partial charge on any atom is 0.253 e. The van der Waals surface area contributed by atoms with Gasteiger partial charge in [-0.05, 0) is 55.2 Å². The number of piperazine rings is 1. The number of ether oxygens (including phenoxy) is 1. The van der Waals surface area contributed by atoms with Crippen molar-refractivity contribution in [1.29, 1.82) is 0 Å². The molecular weight excluding hydrogens is 450 g/mol. The average Bonchev–Trinajstić information content (AvgIpc) is 2.89. The van der Waals surface area contributed by atoms with E-state index in [9.17, 15) is 13.2 Å². The molecular formula is C26H29N3O4S. The molecule has 5 rings (SSSR count). The second kappa shape index (κ2) is 9.82. The number of sulfone groups is 1. The van der Waals surface area contributed by atoms with Crippen LogP contribution in [-0.4, -0.2) is 75.0 Å². The molecule has 34 heavy (non-hydrogen) atoms. The monoisotopic (exact) mass is 479 g/mol. The van der Waals surface area contributed by atoms with Crippen LogP contribution in [0.15, 0.2) is 70.6 Å². The Kier molecular flexibility index (Phi) is 6.63. The maximum atomic E-state index is 13.3. The number of benzene rings is 2. The molecule has 0 aliphatic carbocycles.